The molecule has 6 nitrogen and oxygen atoms in total. The van der Waals surface area contributed by atoms with Crippen LogP contribution in [0.5, 0.6) is 0 Å². The summed E-state index contributed by atoms with van der Waals surface area (Å²) in [5.41, 5.74) is 0.624. The van der Waals surface area contributed by atoms with Crippen molar-refractivity contribution in [2.24, 2.45) is 51.8 Å². The molecule has 0 heterocycles. The zero-order valence-corrected chi connectivity index (χ0v) is 24.0. The number of hydrogen-bond donors (Lipinski definition) is 3. The van der Waals surface area contributed by atoms with E-state index >= 15 is 0 Å². The third-order valence-electron chi connectivity index (χ3n) is 12.1. The van der Waals surface area contributed by atoms with Crippen LogP contribution < -0.4 is 0 Å². The van der Waals surface area contributed by atoms with Crippen molar-refractivity contribution < 1.29 is 29.6 Å². The van der Waals surface area contributed by atoms with Gasteiger partial charge < -0.3 is 20.1 Å². The summed E-state index contributed by atoms with van der Waals surface area (Å²) in [6, 6.07) is 0. The number of ether oxygens (including phenoxy) is 1. The molecule has 3 N–H and O–H groups in total. The molecule has 4 aliphatic carbocycles. The molecule has 0 bridgehead atoms. The Kier molecular flexibility index (Phi) is 7.71. The topological polar surface area (TPSA) is 104 Å². The molecule has 210 valence electrons. The molecule has 6 heteroatoms. The van der Waals surface area contributed by atoms with E-state index in [4.69, 9.17) is 4.74 Å². The van der Waals surface area contributed by atoms with Gasteiger partial charge in [-0.25, -0.2) is 0 Å². The van der Waals surface area contributed by atoms with E-state index in [2.05, 4.69) is 33.8 Å². The minimum absolute atomic E-state index is 0.0346. The van der Waals surface area contributed by atoms with Crippen molar-refractivity contribution in [1.29, 1.82) is 0 Å². The highest BCUT2D eigenvalue weighted by Crippen LogP contribution is 2.74. The molecule has 4 fully saturated rings. The lowest BCUT2D eigenvalue weighted by atomic mass is 9.36. The Morgan fingerprint density at radius 1 is 1.00 bits per heavy atom. The third-order valence-corrected chi connectivity index (χ3v) is 12.1. The summed E-state index contributed by atoms with van der Waals surface area (Å²) in [4.78, 5) is 24.9. The molecule has 0 aliphatic heterocycles. The van der Waals surface area contributed by atoms with Gasteiger partial charge in [0.05, 0.1) is 18.1 Å². The van der Waals surface area contributed by atoms with Gasteiger partial charge in [-0.2, -0.15) is 0 Å². The molecule has 37 heavy (non-hydrogen) atoms. The number of carboxylic acids is 1. The Labute approximate surface area is 223 Å². The van der Waals surface area contributed by atoms with Crippen LogP contribution in [0.2, 0.25) is 0 Å². The van der Waals surface area contributed by atoms with Gasteiger partial charge in [-0.15, -0.1) is 0 Å². The van der Waals surface area contributed by atoms with E-state index in [0.717, 1.165) is 31.3 Å². The van der Waals surface area contributed by atoms with Crippen molar-refractivity contribution in [1.82, 2.24) is 0 Å². The first-order valence-electron chi connectivity index (χ1n) is 14.6. The summed E-state index contributed by atoms with van der Waals surface area (Å²) < 4.78 is 5.93. The van der Waals surface area contributed by atoms with Crippen molar-refractivity contribution in [2.45, 2.75) is 118 Å². The van der Waals surface area contributed by atoms with Crippen LogP contribution in [0.3, 0.4) is 0 Å². The van der Waals surface area contributed by atoms with Crippen LogP contribution in [0.15, 0.2) is 11.6 Å². The van der Waals surface area contributed by atoms with Gasteiger partial charge in [-0.05, 0) is 105 Å². The molecular weight excluding hydrogens is 468 g/mol. The standard InChI is InChI=1S/C31H50O6/c1-17(2)9-8-10-20(28(35)36)26-22-15-24(34)27-29(5)13-12-23(33)18(3)21(29)11-14-30(27,6)31(22,7)16-25(26)37-19(4)32/h9,18,20-27,33-34H,8,10-16H2,1-7H3,(H,35,36). The van der Waals surface area contributed by atoms with Crippen LogP contribution >= 0.6 is 0 Å². The van der Waals surface area contributed by atoms with Gasteiger partial charge in [-0.3, -0.25) is 9.59 Å². The molecule has 0 aromatic carbocycles. The van der Waals surface area contributed by atoms with Crippen molar-refractivity contribution in [3.63, 3.8) is 0 Å². The molecule has 0 saturated heterocycles. The van der Waals surface area contributed by atoms with Crippen LogP contribution in [0, 0.1) is 51.8 Å². The van der Waals surface area contributed by atoms with Gasteiger partial charge in [-0.1, -0.05) is 39.3 Å². The summed E-state index contributed by atoms with van der Waals surface area (Å²) in [7, 11) is 0. The van der Waals surface area contributed by atoms with Crippen molar-refractivity contribution in [3.8, 4) is 0 Å². The van der Waals surface area contributed by atoms with Crippen LogP contribution in [0.25, 0.3) is 0 Å². The minimum atomic E-state index is -0.832. The highest BCUT2D eigenvalue weighted by molar-refractivity contribution is 5.71. The third kappa shape index (κ3) is 4.48. The van der Waals surface area contributed by atoms with E-state index in [1.54, 1.807) is 0 Å². The molecule has 0 aromatic rings. The molecule has 12 unspecified atom stereocenters. The first kappa shape index (κ1) is 28.6. The predicted octanol–water partition coefficient (Wildman–Crippen LogP) is 5.60. The number of aliphatic hydroxyl groups is 2. The highest BCUT2D eigenvalue weighted by atomic mass is 16.5. The van der Waals surface area contributed by atoms with Gasteiger partial charge in [0.15, 0.2) is 0 Å². The summed E-state index contributed by atoms with van der Waals surface area (Å²) >= 11 is 0. The number of carbonyl (C=O) groups excluding carboxylic acids is 1. The van der Waals surface area contributed by atoms with E-state index < -0.39 is 24.1 Å². The Bertz CT molecular complexity index is 925. The molecule has 4 aliphatic rings. The second-order valence-electron chi connectivity index (χ2n) is 14.1. The number of allylic oxidation sites excluding steroid dienone is 2. The smallest absolute Gasteiger partial charge is 0.306 e. The monoisotopic (exact) mass is 518 g/mol. The largest absolute Gasteiger partial charge is 0.481 e. The maximum absolute atomic E-state index is 12.7. The minimum Gasteiger partial charge on any atom is -0.481 e. The molecule has 4 saturated carbocycles. The number of hydrogen-bond acceptors (Lipinski definition) is 5. The molecule has 0 spiro atoms. The zero-order valence-electron chi connectivity index (χ0n) is 24.0. The Morgan fingerprint density at radius 2 is 1.68 bits per heavy atom. The number of carboxylic acid groups (broad SMARTS) is 1. The number of esters is 1. The summed E-state index contributed by atoms with van der Waals surface area (Å²) in [6.45, 7) is 14.6. The fourth-order valence-corrected chi connectivity index (χ4v) is 10.4. The highest BCUT2D eigenvalue weighted by Gasteiger charge is 2.72. The fourth-order valence-electron chi connectivity index (χ4n) is 10.4. The number of aliphatic carboxylic acids is 1. The quantitative estimate of drug-likeness (QED) is 0.312. The maximum atomic E-state index is 12.7. The summed E-state index contributed by atoms with van der Waals surface area (Å²) in [5.74, 6) is -1.54. The SMILES string of the molecule is CC(=O)OC1CC2(C)C(CC(O)C3C4(C)CCC(O)C(C)C4CCC32C)C1C(CCC=C(C)C)C(=O)O. The van der Waals surface area contributed by atoms with Crippen molar-refractivity contribution in [2.75, 3.05) is 0 Å². The van der Waals surface area contributed by atoms with Crippen molar-refractivity contribution >= 4 is 11.9 Å². The molecule has 0 radical (unpaired) electrons. The second-order valence-corrected chi connectivity index (χ2v) is 14.1. The molecule has 4 rings (SSSR count). The first-order valence-corrected chi connectivity index (χ1v) is 14.6. The summed E-state index contributed by atoms with van der Waals surface area (Å²) in [6.07, 6.45) is 6.77. The Balaban J connectivity index is 1.75. The maximum Gasteiger partial charge on any atom is 0.306 e. The first-order chi connectivity index (χ1) is 17.2. The van der Waals surface area contributed by atoms with E-state index in [1.807, 2.05) is 13.8 Å². The van der Waals surface area contributed by atoms with Gasteiger partial charge in [0.1, 0.15) is 6.10 Å². The molecule has 0 aromatic heterocycles. The van der Waals surface area contributed by atoms with E-state index in [1.165, 1.54) is 6.92 Å². The molecule has 0 amide bonds. The normalized spacial score (nSPS) is 47.7. The van der Waals surface area contributed by atoms with Crippen LogP contribution in [-0.4, -0.2) is 45.6 Å². The second kappa shape index (κ2) is 9.97. The Morgan fingerprint density at radius 3 is 2.27 bits per heavy atom. The zero-order chi connectivity index (χ0) is 27.5. The Hall–Kier alpha value is -1.40. The van der Waals surface area contributed by atoms with E-state index in [0.29, 0.717) is 31.6 Å². The molecular formula is C31H50O6. The number of aliphatic hydroxyl groups excluding tert-OH is 2. The average Bonchev–Trinajstić information content (AvgIpc) is 3.05. The number of fused-ring (bicyclic) bond motifs is 5. The van der Waals surface area contributed by atoms with Crippen LogP contribution in [-0.2, 0) is 14.3 Å². The lowest BCUT2D eigenvalue weighted by molar-refractivity contribution is -0.240. The predicted molar refractivity (Wildman–Crippen MR) is 143 cm³/mol. The van der Waals surface area contributed by atoms with Gasteiger partial charge >= 0.3 is 11.9 Å². The summed E-state index contributed by atoms with van der Waals surface area (Å²) in [5, 5.41) is 33.0. The fraction of sp³-hybridized carbons (Fsp3) is 0.871. The van der Waals surface area contributed by atoms with E-state index in [-0.39, 0.29) is 52.0 Å². The average molecular weight is 519 g/mol. The van der Waals surface area contributed by atoms with Gasteiger partial charge in [0.2, 0.25) is 0 Å². The lowest BCUT2D eigenvalue weighted by Gasteiger charge is -2.69. The van der Waals surface area contributed by atoms with Gasteiger partial charge in [0, 0.05) is 12.8 Å². The lowest BCUT2D eigenvalue weighted by Crippen LogP contribution is -2.66. The molecule has 12 atom stereocenters. The van der Waals surface area contributed by atoms with E-state index in [9.17, 15) is 24.9 Å². The van der Waals surface area contributed by atoms with Crippen molar-refractivity contribution in [3.05, 3.63) is 11.6 Å². The van der Waals surface area contributed by atoms with Crippen LogP contribution in [0.4, 0.5) is 0 Å². The van der Waals surface area contributed by atoms with Gasteiger partial charge in [0.25, 0.3) is 0 Å². The van der Waals surface area contributed by atoms with Crippen LogP contribution in [0.1, 0.15) is 99.8 Å². The number of carbonyl (C=O) groups is 2. The number of rotatable bonds is 6.